The minimum atomic E-state index is -0.577. The predicted octanol–water partition coefficient (Wildman–Crippen LogP) is 4.89. The molecule has 0 radical (unpaired) electrons. The molecule has 0 aliphatic rings. The molecule has 114 valence electrons. The first-order valence-corrected chi connectivity index (χ1v) is 7.25. The quantitative estimate of drug-likeness (QED) is 0.452. The van der Waals surface area contributed by atoms with Gasteiger partial charge in [0.25, 0.3) is 0 Å². The lowest BCUT2D eigenvalue weighted by molar-refractivity contribution is -0.138. The van der Waals surface area contributed by atoms with Crippen LogP contribution in [0.15, 0.2) is 48.2 Å². The molecule has 0 saturated carbocycles. The van der Waals surface area contributed by atoms with Crippen LogP contribution in [0.5, 0.6) is 5.75 Å². The molecule has 2 rings (SSSR count). The third-order valence-corrected chi connectivity index (χ3v) is 3.62. The second-order valence-electron chi connectivity index (χ2n) is 4.59. The summed E-state index contributed by atoms with van der Waals surface area (Å²) >= 11 is 11.8. The first-order valence-electron chi connectivity index (χ1n) is 6.49. The zero-order valence-electron chi connectivity index (χ0n) is 12.1. The van der Waals surface area contributed by atoms with Gasteiger partial charge in [0, 0.05) is 0 Å². The number of hydrogen-bond donors (Lipinski definition) is 0. The summed E-state index contributed by atoms with van der Waals surface area (Å²) in [6, 6.07) is 12.4. The highest BCUT2D eigenvalue weighted by atomic mass is 35.5. The molecule has 2 aromatic rings. The fourth-order valence-electron chi connectivity index (χ4n) is 1.72. The molecule has 0 aromatic heterocycles. The van der Waals surface area contributed by atoms with Crippen LogP contribution in [0, 0.1) is 6.92 Å². The standard InChI is InChI=1S/C17H14Cl2O3/c1-11-3-6-13(7-4-11)22-16(17(20)21-2)10-12-5-8-14(18)15(19)9-12/h3-10H,1-2H3/b16-10-. The Bertz CT molecular complexity index is 706. The minimum Gasteiger partial charge on any atom is -0.463 e. The van der Waals surface area contributed by atoms with E-state index in [2.05, 4.69) is 0 Å². The van der Waals surface area contributed by atoms with Crippen LogP contribution in [0.25, 0.3) is 6.08 Å². The van der Waals surface area contributed by atoms with E-state index in [0.29, 0.717) is 21.4 Å². The molecular weight excluding hydrogens is 323 g/mol. The van der Waals surface area contributed by atoms with Crippen LogP contribution in [-0.4, -0.2) is 13.1 Å². The number of carbonyl (C=O) groups excluding carboxylic acids is 1. The van der Waals surface area contributed by atoms with Crippen molar-refractivity contribution >= 4 is 35.2 Å². The van der Waals surface area contributed by atoms with Gasteiger partial charge in [-0.05, 0) is 42.8 Å². The smallest absolute Gasteiger partial charge is 0.373 e. The fourth-order valence-corrected chi connectivity index (χ4v) is 2.02. The molecule has 0 aliphatic carbocycles. The van der Waals surface area contributed by atoms with E-state index in [9.17, 15) is 4.79 Å². The molecule has 0 N–H and O–H groups in total. The third kappa shape index (κ3) is 4.26. The van der Waals surface area contributed by atoms with E-state index in [4.69, 9.17) is 32.7 Å². The Morgan fingerprint density at radius 1 is 1.05 bits per heavy atom. The van der Waals surface area contributed by atoms with Crippen LogP contribution in [0.4, 0.5) is 0 Å². The van der Waals surface area contributed by atoms with Gasteiger partial charge in [0.2, 0.25) is 5.76 Å². The molecule has 0 unspecified atom stereocenters. The van der Waals surface area contributed by atoms with Crippen molar-refractivity contribution in [2.45, 2.75) is 6.92 Å². The summed E-state index contributed by atoms with van der Waals surface area (Å²) in [5, 5.41) is 0.841. The molecule has 3 nitrogen and oxygen atoms in total. The largest absolute Gasteiger partial charge is 0.463 e. The van der Waals surface area contributed by atoms with Gasteiger partial charge in [-0.2, -0.15) is 0 Å². The molecule has 0 atom stereocenters. The highest BCUT2D eigenvalue weighted by molar-refractivity contribution is 6.42. The second-order valence-corrected chi connectivity index (χ2v) is 5.40. The SMILES string of the molecule is COC(=O)/C(=C/c1ccc(Cl)c(Cl)c1)Oc1ccc(C)cc1. The lowest BCUT2D eigenvalue weighted by atomic mass is 10.2. The second kappa shape index (κ2) is 7.34. The van der Waals surface area contributed by atoms with Crippen LogP contribution in [0.3, 0.4) is 0 Å². The monoisotopic (exact) mass is 336 g/mol. The van der Waals surface area contributed by atoms with Crippen LogP contribution < -0.4 is 4.74 Å². The Morgan fingerprint density at radius 2 is 1.73 bits per heavy atom. The average Bonchev–Trinajstić information content (AvgIpc) is 2.51. The lowest BCUT2D eigenvalue weighted by Gasteiger charge is -2.09. The third-order valence-electron chi connectivity index (χ3n) is 2.88. The van der Waals surface area contributed by atoms with E-state index < -0.39 is 5.97 Å². The van der Waals surface area contributed by atoms with Crippen LogP contribution in [-0.2, 0) is 9.53 Å². The Hall–Kier alpha value is -1.97. The summed E-state index contributed by atoms with van der Waals surface area (Å²) in [5.74, 6) is 0.0266. The topological polar surface area (TPSA) is 35.5 Å². The van der Waals surface area contributed by atoms with Gasteiger partial charge >= 0.3 is 5.97 Å². The van der Waals surface area contributed by atoms with Crippen molar-refractivity contribution < 1.29 is 14.3 Å². The highest BCUT2D eigenvalue weighted by Crippen LogP contribution is 2.24. The average molecular weight is 337 g/mol. The van der Waals surface area contributed by atoms with Gasteiger partial charge < -0.3 is 9.47 Å². The summed E-state index contributed by atoms with van der Waals surface area (Å²) in [5.41, 5.74) is 1.78. The summed E-state index contributed by atoms with van der Waals surface area (Å²) in [6.07, 6.45) is 1.55. The van der Waals surface area contributed by atoms with Crippen molar-refractivity contribution in [3.05, 3.63) is 69.4 Å². The number of carbonyl (C=O) groups is 1. The van der Waals surface area contributed by atoms with Crippen molar-refractivity contribution in [1.29, 1.82) is 0 Å². The van der Waals surface area contributed by atoms with Gasteiger partial charge in [0.1, 0.15) is 5.75 Å². The molecule has 22 heavy (non-hydrogen) atoms. The Kier molecular flexibility index (Phi) is 5.47. The maximum absolute atomic E-state index is 11.9. The Balaban J connectivity index is 2.32. The normalized spacial score (nSPS) is 11.2. The van der Waals surface area contributed by atoms with Gasteiger partial charge in [-0.3, -0.25) is 0 Å². The van der Waals surface area contributed by atoms with Crippen molar-refractivity contribution in [2.24, 2.45) is 0 Å². The number of ether oxygens (including phenoxy) is 2. The Labute approximate surface area is 139 Å². The van der Waals surface area contributed by atoms with Crippen LogP contribution in [0.2, 0.25) is 10.0 Å². The lowest BCUT2D eigenvalue weighted by Crippen LogP contribution is -2.10. The molecular formula is C17H14Cl2O3. The van der Waals surface area contributed by atoms with Gasteiger partial charge in [-0.25, -0.2) is 4.79 Å². The van der Waals surface area contributed by atoms with Crippen molar-refractivity contribution in [1.82, 2.24) is 0 Å². The molecule has 2 aromatic carbocycles. The summed E-state index contributed by atoms with van der Waals surface area (Å²) in [6.45, 7) is 1.97. The molecule has 0 aliphatic heterocycles. The molecule has 0 bridgehead atoms. The molecule has 0 amide bonds. The van der Waals surface area contributed by atoms with Gasteiger partial charge in [0.15, 0.2) is 0 Å². The van der Waals surface area contributed by atoms with E-state index in [-0.39, 0.29) is 5.76 Å². The number of esters is 1. The number of benzene rings is 2. The number of aryl methyl sites for hydroxylation is 1. The van der Waals surface area contributed by atoms with Crippen molar-refractivity contribution in [3.63, 3.8) is 0 Å². The number of hydrogen-bond acceptors (Lipinski definition) is 3. The van der Waals surface area contributed by atoms with Crippen LogP contribution >= 0.6 is 23.2 Å². The van der Waals surface area contributed by atoms with Crippen LogP contribution in [0.1, 0.15) is 11.1 Å². The van der Waals surface area contributed by atoms with Gasteiger partial charge in [-0.1, -0.05) is 47.0 Å². The molecule has 0 heterocycles. The highest BCUT2D eigenvalue weighted by Gasteiger charge is 2.13. The summed E-state index contributed by atoms with van der Waals surface area (Å²) in [7, 11) is 1.30. The molecule has 5 heteroatoms. The number of methoxy groups -OCH3 is 1. The fraction of sp³-hybridized carbons (Fsp3) is 0.118. The molecule has 0 fully saturated rings. The first kappa shape index (κ1) is 16.4. The number of rotatable bonds is 4. The van der Waals surface area contributed by atoms with E-state index in [0.717, 1.165) is 5.56 Å². The molecule has 0 saturated heterocycles. The van der Waals surface area contributed by atoms with Gasteiger partial charge in [0.05, 0.1) is 17.2 Å². The summed E-state index contributed by atoms with van der Waals surface area (Å²) in [4.78, 5) is 11.9. The van der Waals surface area contributed by atoms with Crippen molar-refractivity contribution in [2.75, 3.05) is 7.11 Å². The first-order chi connectivity index (χ1) is 10.5. The predicted molar refractivity (Wildman–Crippen MR) is 88.3 cm³/mol. The maximum atomic E-state index is 11.9. The van der Waals surface area contributed by atoms with Crippen molar-refractivity contribution in [3.8, 4) is 5.75 Å². The zero-order valence-corrected chi connectivity index (χ0v) is 13.6. The zero-order chi connectivity index (χ0) is 16.1. The molecule has 0 spiro atoms. The maximum Gasteiger partial charge on any atom is 0.373 e. The van der Waals surface area contributed by atoms with E-state index >= 15 is 0 Å². The van der Waals surface area contributed by atoms with E-state index in [1.165, 1.54) is 7.11 Å². The van der Waals surface area contributed by atoms with E-state index in [1.54, 1.807) is 36.4 Å². The summed E-state index contributed by atoms with van der Waals surface area (Å²) < 4.78 is 10.3. The minimum absolute atomic E-state index is 0.0599. The van der Waals surface area contributed by atoms with E-state index in [1.807, 2.05) is 19.1 Å². The Morgan fingerprint density at radius 3 is 2.32 bits per heavy atom. The van der Waals surface area contributed by atoms with Gasteiger partial charge in [-0.15, -0.1) is 0 Å². The number of halogens is 2.